The number of allylic oxidation sites excluding steroid dienone is 1. The van der Waals surface area contributed by atoms with Gasteiger partial charge in [-0.25, -0.2) is 9.79 Å². The molecule has 1 atom stereocenters. The third kappa shape index (κ3) is 5.21. The first kappa shape index (κ1) is 23.1. The molecule has 1 N–H and O–H groups in total. The number of aryl methyl sites for hydroxylation is 1. The predicted octanol–water partition coefficient (Wildman–Crippen LogP) is 4.69. The van der Waals surface area contributed by atoms with E-state index in [1.807, 2.05) is 42.4 Å². The SMILES string of the molecule is CCC1=C(C(=O)OC)[C@@H](c2cccc(C)c2)N2C(CC(=O)NCCC(C)C)=CSC2=N1. The van der Waals surface area contributed by atoms with Gasteiger partial charge in [-0.3, -0.25) is 4.79 Å². The largest absolute Gasteiger partial charge is 0.466 e. The highest BCUT2D eigenvalue weighted by molar-refractivity contribution is 8.16. The summed E-state index contributed by atoms with van der Waals surface area (Å²) in [5.41, 5.74) is 4.19. The van der Waals surface area contributed by atoms with Gasteiger partial charge in [-0.1, -0.05) is 62.4 Å². The number of amidine groups is 1. The van der Waals surface area contributed by atoms with Crippen LogP contribution in [-0.4, -0.2) is 35.6 Å². The molecule has 1 amide bonds. The number of aliphatic imine (C=N–C) groups is 1. The molecule has 166 valence electrons. The van der Waals surface area contributed by atoms with E-state index in [0.717, 1.165) is 34.1 Å². The Morgan fingerprint density at radius 3 is 2.74 bits per heavy atom. The van der Waals surface area contributed by atoms with E-state index >= 15 is 0 Å². The Labute approximate surface area is 188 Å². The monoisotopic (exact) mass is 441 g/mol. The number of methoxy groups -OCH3 is 1. The molecule has 2 aliphatic heterocycles. The van der Waals surface area contributed by atoms with Gasteiger partial charge in [0.25, 0.3) is 0 Å². The van der Waals surface area contributed by atoms with Crippen molar-refractivity contribution in [2.45, 2.75) is 53.0 Å². The summed E-state index contributed by atoms with van der Waals surface area (Å²) in [5.74, 6) is 0.124. The molecule has 1 aromatic rings. The van der Waals surface area contributed by atoms with Crippen LogP contribution in [0.5, 0.6) is 0 Å². The van der Waals surface area contributed by atoms with Crippen LogP contribution in [0.25, 0.3) is 0 Å². The standard InChI is InChI=1S/C24H31N3O3S/c1-6-19-21(23(29)30-5)22(17-9-7-8-16(4)12-17)27-18(14-31-24(27)26-19)13-20(28)25-11-10-15(2)3/h7-9,12,14-15,22H,6,10-11,13H2,1-5H3,(H,25,28)/t22-/m1/s1. The van der Waals surface area contributed by atoms with Crippen LogP contribution in [0.4, 0.5) is 0 Å². The van der Waals surface area contributed by atoms with Crippen LogP contribution in [0.3, 0.4) is 0 Å². The molecule has 6 nitrogen and oxygen atoms in total. The van der Waals surface area contributed by atoms with Crippen molar-refractivity contribution in [1.82, 2.24) is 10.2 Å². The van der Waals surface area contributed by atoms with E-state index in [9.17, 15) is 9.59 Å². The molecule has 3 rings (SSSR count). The molecule has 2 aliphatic rings. The summed E-state index contributed by atoms with van der Waals surface area (Å²) in [5, 5.41) is 5.77. The zero-order valence-electron chi connectivity index (χ0n) is 18.9. The molecular formula is C24H31N3O3S. The number of thioether (sulfide) groups is 1. The number of esters is 1. The van der Waals surface area contributed by atoms with Crippen molar-refractivity contribution in [3.63, 3.8) is 0 Å². The Bertz CT molecular complexity index is 949. The zero-order valence-corrected chi connectivity index (χ0v) is 19.7. The number of amides is 1. The first-order valence-corrected chi connectivity index (χ1v) is 11.6. The first-order chi connectivity index (χ1) is 14.8. The number of nitrogens with zero attached hydrogens (tertiary/aromatic N) is 2. The Morgan fingerprint density at radius 1 is 1.32 bits per heavy atom. The van der Waals surface area contributed by atoms with Crippen LogP contribution in [0, 0.1) is 12.8 Å². The van der Waals surface area contributed by atoms with E-state index in [0.29, 0.717) is 24.5 Å². The summed E-state index contributed by atoms with van der Waals surface area (Å²) in [6.07, 6.45) is 1.80. The van der Waals surface area contributed by atoms with Gasteiger partial charge in [-0.05, 0) is 36.7 Å². The lowest BCUT2D eigenvalue weighted by molar-refractivity contribution is -0.136. The fourth-order valence-electron chi connectivity index (χ4n) is 3.80. The maximum Gasteiger partial charge on any atom is 0.338 e. The molecule has 1 aromatic carbocycles. The highest BCUT2D eigenvalue weighted by atomic mass is 32.2. The van der Waals surface area contributed by atoms with Gasteiger partial charge in [0, 0.05) is 12.2 Å². The van der Waals surface area contributed by atoms with Crippen molar-refractivity contribution in [3.05, 3.63) is 57.8 Å². The van der Waals surface area contributed by atoms with Crippen LogP contribution >= 0.6 is 11.8 Å². The maximum absolute atomic E-state index is 12.8. The van der Waals surface area contributed by atoms with Gasteiger partial charge in [-0.2, -0.15) is 0 Å². The van der Waals surface area contributed by atoms with Crippen molar-refractivity contribution < 1.29 is 14.3 Å². The maximum atomic E-state index is 12.8. The molecule has 0 saturated carbocycles. The van der Waals surface area contributed by atoms with Crippen molar-refractivity contribution in [2.75, 3.05) is 13.7 Å². The van der Waals surface area contributed by atoms with Gasteiger partial charge in [0.05, 0.1) is 30.8 Å². The molecular weight excluding hydrogens is 410 g/mol. The second-order valence-corrected chi connectivity index (χ2v) is 9.06. The summed E-state index contributed by atoms with van der Waals surface area (Å²) in [4.78, 5) is 32.2. The summed E-state index contributed by atoms with van der Waals surface area (Å²) >= 11 is 1.50. The van der Waals surface area contributed by atoms with E-state index in [2.05, 4.69) is 25.2 Å². The van der Waals surface area contributed by atoms with E-state index in [-0.39, 0.29) is 24.3 Å². The number of benzene rings is 1. The molecule has 0 radical (unpaired) electrons. The van der Waals surface area contributed by atoms with Gasteiger partial charge < -0.3 is 15.0 Å². The lowest BCUT2D eigenvalue weighted by Gasteiger charge is -2.36. The molecule has 7 heteroatoms. The second kappa shape index (κ2) is 10.2. The van der Waals surface area contributed by atoms with Crippen LogP contribution in [0.2, 0.25) is 0 Å². The average Bonchev–Trinajstić information content (AvgIpc) is 3.13. The normalized spacial score (nSPS) is 18.0. The van der Waals surface area contributed by atoms with Crippen LogP contribution in [0.1, 0.15) is 57.2 Å². The molecule has 0 aromatic heterocycles. The number of ether oxygens (including phenoxy) is 1. The van der Waals surface area contributed by atoms with Gasteiger partial charge in [0.2, 0.25) is 5.91 Å². The molecule has 0 bridgehead atoms. The average molecular weight is 442 g/mol. The second-order valence-electron chi connectivity index (χ2n) is 8.22. The number of fused-ring (bicyclic) bond motifs is 1. The Kier molecular flexibility index (Phi) is 7.59. The Hall–Kier alpha value is -2.54. The Balaban J connectivity index is 1.95. The summed E-state index contributed by atoms with van der Waals surface area (Å²) < 4.78 is 5.15. The topological polar surface area (TPSA) is 71.0 Å². The third-order valence-electron chi connectivity index (χ3n) is 5.37. The first-order valence-electron chi connectivity index (χ1n) is 10.7. The summed E-state index contributed by atoms with van der Waals surface area (Å²) in [6.45, 7) is 8.95. The zero-order chi connectivity index (χ0) is 22.5. The molecule has 0 saturated heterocycles. The number of nitrogens with one attached hydrogen (secondary N) is 1. The van der Waals surface area contributed by atoms with Crippen LogP contribution in [0.15, 0.2) is 51.6 Å². The van der Waals surface area contributed by atoms with Crippen molar-refractivity contribution in [3.8, 4) is 0 Å². The molecule has 31 heavy (non-hydrogen) atoms. The van der Waals surface area contributed by atoms with Crippen LogP contribution < -0.4 is 5.32 Å². The fourth-order valence-corrected chi connectivity index (χ4v) is 4.73. The molecule has 0 unspecified atom stereocenters. The number of hydrogen-bond acceptors (Lipinski definition) is 6. The minimum absolute atomic E-state index is 0.0263. The molecule has 0 spiro atoms. The minimum atomic E-state index is -0.385. The minimum Gasteiger partial charge on any atom is -0.466 e. The van der Waals surface area contributed by atoms with Crippen molar-refractivity contribution >= 4 is 28.8 Å². The van der Waals surface area contributed by atoms with Crippen molar-refractivity contribution in [2.24, 2.45) is 10.9 Å². The van der Waals surface area contributed by atoms with Gasteiger partial charge in [0.1, 0.15) is 0 Å². The lowest BCUT2D eigenvalue weighted by atomic mass is 9.92. The van der Waals surface area contributed by atoms with Gasteiger partial charge in [0.15, 0.2) is 5.17 Å². The van der Waals surface area contributed by atoms with E-state index in [1.54, 1.807) is 0 Å². The van der Waals surface area contributed by atoms with E-state index in [1.165, 1.54) is 18.9 Å². The highest BCUT2D eigenvalue weighted by Gasteiger charge is 2.41. The molecule has 0 fully saturated rings. The van der Waals surface area contributed by atoms with Crippen molar-refractivity contribution in [1.29, 1.82) is 0 Å². The quantitative estimate of drug-likeness (QED) is 0.593. The number of hydrogen-bond donors (Lipinski definition) is 1. The summed E-state index contributed by atoms with van der Waals surface area (Å²) in [7, 11) is 1.40. The third-order valence-corrected chi connectivity index (χ3v) is 6.26. The molecule has 2 heterocycles. The number of carbonyl (C=O) groups is 2. The number of rotatable bonds is 8. The lowest BCUT2D eigenvalue weighted by Crippen LogP contribution is -2.38. The number of carbonyl (C=O) groups excluding carboxylic acids is 2. The predicted molar refractivity (Wildman–Crippen MR) is 125 cm³/mol. The fraction of sp³-hybridized carbons (Fsp3) is 0.458. The smallest absolute Gasteiger partial charge is 0.338 e. The van der Waals surface area contributed by atoms with Gasteiger partial charge in [-0.15, -0.1) is 0 Å². The van der Waals surface area contributed by atoms with E-state index in [4.69, 9.17) is 9.73 Å². The highest BCUT2D eigenvalue weighted by Crippen LogP contribution is 2.45. The van der Waals surface area contributed by atoms with E-state index < -0.39 is 0 Å². The van der Waals surface area contributed by atoms with Gasteiger partial charge >= 0.3 is 5.97 Å². The van der Waals surface area contributed by atoms with Crippen LogP contribution in [-0.2, 0) is 14.3 Å². The summed E-state index contributed by atoms with van der Waals surface area (Å²) in [6, 6.07) is 7.73. The Morgan fingerprint density at radius 2 is 2.10 bits per heavy atom. The molecule has 0 aliphatic carbocycles.